The van der Waals surface area contributed by atoms with Crippen molar-refractivity contribution in [3.8, 4) is 0 Å². The van der Waals surface area contributed by atoms with E-state index in [2.05, 4.69) is 35.5 Å². The van der Waals surface area contributed by atoms with Gasteiger partial charge in [0.15, 0.2) is 0 Å². The molecule has 1 spiro atoms. The third kappa shape index (κ3) is 3.05. The molecule has 0 atom stereocenters. The van der Waals surface area contributed by atoms with Gasteiger partial charge < -0.3 is 9.80 Å². The van der Waals surface area contributed by atoms with Crippen molar-refractivity contribution in [1.82, 2.24) is 14.7 Å². The molecule has 116 valence electrons. The van der Waals surface area contributed by atoms with E-state index < -0.39 is 0 Å². The van der Waals surface area contributed by atoms with Crippen LogP contribution in [0.25, 0.3) is 0 Å². The van der Waals surface area contributed by atoms with E-state index in [9.17, 15) is 0 Å². The van der Waals surface area contributed by atoms with Crippen molar-refractivity contribution in [3.05, 3.63) is 0 Å². The highest BCUT2D eigenvalue weighted by Gasteiger charge is 2.48. The lowest BCUT2D eigenvalue weighted by molar-refractivity contribution is -0.0153. The topological polar surface area (TPSA) is 9.72 Å². The zero-order chi connectivity index (χ0) is 14.2. The number of nitrogens with zero attached hydrogens (tertiary/aromatic N) is 3. The summed E-state index contributed by atoms with van der Waals surface area (Å²) < 4.78 is 0. The van der Waals surface area contributed by atoms with Crippen molar-refractivity contribution in [2.45, 2.75) is 46.1 Å². The third-order valence-corrected chi connectivity index (χ3v) is 6.00. The monoisotopic (exact) mass is 279 g/mol. The molecule has 3 nitrogen and oxygen atoms in total. The molecule has 0 aromatic carbocycles. The molecule has 3 heteroatoms. The number of piperidine rings is 1. The Labute approximate surface area is 125 Å². The first-order valence-electron chi connectivity index (χ1n) is 8.79. The molecule has 20 heavy (non-hydrogen) atoms. The molecule has 0 radical (unpaired) electrons. The minimum atomic E-state index is 0.675. The number of hydrogen-bond donors (Lipinski definition) is 0. The van der Waals surface area contributed by atoms with Crippen LogP contribution in [0, 0.1) is 11.3 Å². The van der Waals surface area contributed by atoms with Crippen LogP contribution in [0.15, 0.2) is 0 Å². The lowest BCUT2D eigenvalue weighted by Gasteiger charge is -2.50. The molecular weight excluding hydrogens is 246 g/mol. The van der Waals surface area contributed by atoms with Gasteiger partial charge in [0, 0.05) is 37.6 Å². The lowest BCUT2D eigenvalue weighted by atomic mass is 9.78. The van der Waals surface area contributed by atoms with Crippen LogP contribution in [0.2, 0.25) is 0 Å². The summed E-state index contributed by atoms with van der Waals surface area (Å²) >= 11 is 0. The highest BCUT2D eigenvalue weighted by molar-refractivity contribution is 5.02. The van der Waals surface area contributed by atoms with Gasteiger partial charge in [-0.3, -0.25) is 4.90 Å². The number of likely N-dealkylation sites (tertiary alicyclic amines) is 3. The smallest absolute Gasteiger partial charge is 0.00971 e. The van der Waals surface area contributed by atoms with Crippen LogP contribution in [0.1, 0.15) is 40.0 Å². The highest BCUT2D eigenvalue weighted by atomic mass is 15.3. The maximum atomic E-state index is 2.78. The maximum absolute atomic E-state index is 2.78. The second kappa shape index (κ2) is 5.94. The summed E-state index contributed by atoms with van der Waals surface area (Å²) in [5.41, 5.74) is 0.675. The molecule has 3 saturated heterocycles. The molecule has 0 bridgehead atoms. The normalized spacial score (nSPS) is 29.4. The number of hydrogen-bond acceptors (Lipinski definition) is 3. The minimum Gasteiger partial charge on any atom is -0.304 e. The molecule has 0 saturated carbocycles. The quantitative estimate of drug-likeness (QED) is 0.780. The standard InChI is InChI=1S/C17H33N3/c1-4-18-8-5-16(6-9-18)11-19-10-7-17(12-19)13-20(14-17)15(2)3/h15-16H,4-14H2,1-3H3. The fourth-order valence-corrected chi connectivity index (χ4v) is 4.47. The fraction of sp³-hybridized carbons (Fsp3) is 1.00. The van der Waals surface area contributed by atoms with Crippen molar-refractivity contribution < 1.29 is 0 Å². The van der Waals surface area contributed by atoms with Crippen LogP contribution < -0.4 is 0 Å². The summed E-state index contributed by atoms with van der Waals surface area (Å²) in [6.45, 7) is 17.7. The summed E-state index contributed by atoms with van der Waals surface area (Å²) in [6, 6.07) is 0.744. The van der Waals surface area contributed by atoms with Crippen molar-refractivity contribution in [2.75, 3.05) is 52.4 Å². The molecule has 0 unspecified atom stereocenters. The van der Waals surface area contributed by atoms with E-state index in [1.165, 1.54) is 71.6 Å². The van der Waals surface area contributed by atoms with Gasteiger partial charge in [0.05, 0.1) is 0 Å². The molecule has 0 aliphatic carbocycles. The Hall–Kier alpha value is -0.120. The van der Waals surface area contributed by atoms with Gasteiger partial charge in [-0.15, -0.1) is 0 Å². The second-order valence-corrected chi connectivity index (χ2v) is 7.86. The first kappa shape index (κ1) is 14.8. The van der Waals surface area contributed by atoms with Gasteiger partial charge in [-0.25, -0.2) is 0 Å². The molecule has 0 N–H and O–H groups in total. The Bertz CT molecular complexity index is 314. The van der Waals surface area contributed by atoms with Gasteiger partial charge in [-0.05, 0) is 65.2 Å². The van der Waals surface area contributed by atoms with E-state index in [-0.39, 0.29) is 0 Å². The molecule has 3 heterocycles. The van der Waals surface area contributed by atoms with E-state index in [0.29, 0.717) is 5.41 Å². The summed E-state index contributed by atoms with van der Waals surface area (Å²) in [4.78, 5) is 8.03. The van der Waals surface area contributed by atoms with Crippen LogP contribution in [0.4, 0.5) is 0 Å². The lowest BCUT2D eigenvalue weighted by Crippen LogP contribution is -2.59. The van der Waals surface area contributed by atoms with Gasteiger partial charge in [0.25, 0.3) is 0 Å². The largest absolute Gasteiger partial charge is 0.304 e. The van der Waals surface area contributed by atoms with Crippen molar-refractivity contribution >= 4 is 0 Å². The number of rotatable bonds is 4. The van der Waals surface area contributed by atoms with E-state index in [4.69, 9.17) is 0 Å². The Morgan fingerprint density at radius 2 is 1.70 bits per heavy atom. The van der Waals surface area contributed by atoms with Gasteiger partial charge in [0.2, 0.25) is 0 Å². The van der Waals surface area contributed by atoms with Gasteiger partial charge in [-0.2, -0.15) is 0 Å². The van der Waals surface area contributed by atoms with Gasteiger partial charge in [-0.1, -0.05) is 6.92 Å². The molecule has 3 aliphatic heterocycles. The van der Waals surface area contributed by atoms with Crippen molar-refractivity contribution in [1.29, 1.82) is 0 Å². The van der Waals surface area contributed by atoms with Crippen molar-refractivity contribution in [2.24, 2.45) is 11.3 Å². The third-order valence-electron chi connectivity index (χ3n) is 6.00. The predicted octanol–water partition coefficient (Wildman–Crippen LogP) is 2.13. The molecule has 3 aliphatic rings. The van der Waals surface area contributed by atoms with Gasteiger partial charge >= 0.3 is 0 Å². The second-order valence-electron chi connectivity index (χ2n) is 7.86. The highest BCUT2D eigenvalue weighted by Crippen LogP contribution is 2.40. The molecule has 3 rings (SSSR count). The van der Waals surface area contributed by atoms with Crippen LogP contribution in [-0.2, 0) is 0 Å². The molecule has 0 aromatic rings. The van der Waals surface area contributed by atoms with Crippen molar-refractivity contribution in [3.63, 3.8) is 0 Å². The summed E-state index contributed by atoms with van der Waals surface area (Å²) in [5.74, 6) is 0.967. The van der Waals surface area contributed by atoms with E-state index in [1.807, 2.05) is 0 Å². The Kier molecular flexibility index (Phi) is 4.40. The minimum absolute atomic E-state index is 0.675. The Morgan fingerprint density at radius 1 is 1.00 bits per heavy atom. The SMILES string of the molecule is CCN1CCC(CN2CCC3(C2)CN(C(C)C)C3)CC1. The molecular formula is C17H33N3. The Balaban J connectivity index is 1.41. The summed E-state index contributed by atoms with van der Waals surface area (Å²) in [7, 11) is 0. The Morgan fingerprint density at radius 3 is 2.30 bits per heavy atom. The molecule has 0 aromatic heterocycles. The van der Waals surface area contributed by atoms with Gasteiger partial charge in [0.1, 0.15) is 0 Å². The fourth-order valence-electron chi connectivity index (χ4n) is 4.47. The molecule has 0 amide bonds. The summed E-state index contributed by atoms with van der Waals surface area (Å²) in [5, 5.41) is 0. The zero-order valence-electron chi connectivity index (χ0n) is 13.8. The van der Waals surface area contributed by atoms with E-state index in [0.717, 1.165) is 12.0 Å². The molecule has 3 fully saturated rings. The summed E-state index contributed by atoms with van der Waals surface area (Å²) in [6.07, 6.45) is 4.30. The average molecular weight is 279 g/mol. The first-order valence-corrected chi connectivity index (χ1v) is 8.79. The average Bonchev–Trinajstić information content (AvgIpc) is 2.82. The van der Waals surface area contributed by atoms with Crippen LogP contribution in [-0.4, -0.2) is 73.1 Å². The van der Waals surface area contributed by atoms with E-state index in [1.54, 1.807) is 0 Å². The zero-order valence-corrected chi connectivity index (χ0v) is 13.8. The van der Waals surface area contributed by atoms with E-state index >= 15 is 0 Å². The predicted molar refractivity (Wildman–Crippen MR) is 85.0 cm³/mol. The first-order chi connectivity index (χ1) is 9.60. The van der Waals surface area contributed by atoms with Crippen LogP contribution >= 0.6 is 0 Å². The van der Waals surface area contributed by atoms with Crippen LogP contribution in [0.3, 0.4) is 0 Å². The maximum Gasteiger partial charge on any atom is 0.00971 e. The van der Waals surface area contributed by atoms with Crippen LogP contribution in [0.5, 0.6) is 0 Å².